The number of nitrogens with one attached hydrogen (secondary N) is 2. The Morgan fingerprint density at radius 1 is 1.46 bits per heavy atom. The highest BCUT2D eigenvalue weighted by atomic mass is 32.2. The summed E-state index contributed by atoms with van der Waals surface area (Å²) in [5.41, 5.74) is 0.888. The summed E-state index contributed by atoms with van der Waals surface area (Å²) < 4.78 is 13.2. The Labute approximate surface area is 145 Å². The van der Waals surface area contributed by atoms with Crippen LogP contribution in [0.25, 0.3) is 0 Å². The van der Waals surface area contributed by atoms with Gasteiger partial charge in [-0.2, -0.15) is 0 Å². The SMILES string of the molecule is CNC(C)CNC(=O)C1CSC2(c3ccc(F)cc3)CCC(=O)N12. The molecule has 5 nitrogen and oxygen atoms in total. The number of benzene rings is 1. The third kappa shape index (κ3) is 2.91. The molecule has 3 rings (SSSR count). The first-order valence-electron chi connectivity index (χ1n) is 8.15. The lowest BCUT2D eigenvalue weighted by atomic mass is 10.0. The average molecular weight is 351 g/mol. The van der Waals surface area contributed by atoms with Gasteiger partial charge in [0.1, 0.15) is 16.7 Å². The number of thioether (sulfide) groups is 1. The van der Waals surface area contributed by atoms with Gasteiger partial charge in [0.15, 0.2) is 0 Å². The van der Waals surface area contributed by atoms with E-state index in [2.05, 4.69) is 10.6 Å². The van der Waals surface area contributed by atoms with Crippen LogP contribution in [-0.4, -0.2) is 48.1 Å². The van der Waals surface area contributed by atoms with E-state index in [1.807, 2.05) is 14.0 Å². The van der Waals surface area contributed by atoms with Gasteiger partial charge in [0.25, 0.3) is 0 Å². The number of hydrogen-bond donors (Lipinski definition) is 2. The maximum atomic E-state index is 13.2. The second kappa shape index (κ2) is 6.72. The van der Waals surface area contributed by atoms with E-state index in [4.69, 9.17) is 0 Å². The maximum Gasteiger partial charge on any atom is 0.243 e. The van der Waals surface area contributed by atoms with E-state index in [1.54, 1.807) is 28.8 Å². The molecule has 130 valence electrons. The number of halogens is 1. The van der Waals surface area contributed by atoms with Crippen LogP contribution in [0.4, 0.5) is 4.39 Å². The van der Waals surface area contributed by atoms with Gasteiger partial charge in [0.05, 0.1) is 0 Å². The maximum absolute atomic E-state index is 13.2. The summed E-state index contributed by atoms with van der Waals surface area (Å²) in [7, 11) is 1.84. The molecule has 2 amide bonds. The summed E-state index contributed by atoms with van der Waals surface area (Å²) in [5.74, 6) is 0.127. The molecule has 24 heavy (non-hydrogen) atoms. The lowest BCUT2D eigenvalue weighted by molar-refractivity contribution is -0.138. The fraction of sp³-hybridized carbons (Fsp3) is 0.529. The van der Waals surface area contributed by atoms with Gasteiger partial charge in [0.2, 0.25) is 11.8 Å². The predicted molar refractivity (Wildman–Crippen MR) is 91.9 cm³/mol. The highest BCUT2D eigenvalue weighted by molar-refractivity contribution is 8.00. The molecule has 0 aliphatic carbocycles. The van der Waals surface area contributed by atoms with Gasteiger partial charge in [-0.05, 0) is 38.1 Å². The molecular formula is C17H22FN3O2S. The van der Waals surface area contributed by atoms with Crippen molar-refractivity contribution in [2.24, 2.45) is 0 Å². The van der Waals surface area contributed by atoms with E-state index < -0.39 is 10.9 Å². The molecule has 2 fully saturated rings. The Kier molecular flexibility index (Phi) is 4.83. The number of carbonyl (C=O) groups is 2. The topological polar surface area (TPSA) is 61.4 Å². The molecule has 3 unspecified atom stereocenters. The summed E-state index contributed by atoms with van der Waals surface area (Å²) in [6.07, 6.45) is 1.07. The third-order valence-electron chi connectivity index (χ3n) is 4.80. The molecule has 2 N–H and O–H groups in total. The van der Waals surface area contributed by atoms with Crippen LogP contribution < -0.4 is 10.6 Å². The molecular weight excluding hydrogens is 329 g/mol. The number of nitrogens with zero attached hydrogens (tertiary/aromatic N) is 1. The van der Waals surface area contributed by atoms with Crippen molar-refractivity contribution in [1.29, 1.82) is 0 Å². The van der Waals surface area contributed by atoms with Crippen LogP contribution in [0.15, 0.2) is 24.3 Å². The van der Waals surface area contributed by atoms with Crippen molar-refractivity contribution in [1.82, 2.24) is 15.5 Å². The average Bonchev–Trinajstić information content (AvgIpc) is 3.12. The molecule has 0 saturated carbocycles. The minimum absolute atomic E-state index is 0.00820. The number of fused-ring (bicyclic) bond motifs is 1. The Bertz CT molecular complexity index is 639. The lowest BCUT2D eigenvalue weighted by Gasteiger charge is -2.34. The Morgan fingerprint density at radius 2 is 2.17 bits per heavy atom. The largest absolute Gasteiger partial charge is 0.353 e. The molecule has 0 spiro atoms. The number of likely N-dealkylation sites (N-methyl/N-ethyl adjacent to an activating group) is 1. The summed E-state index contributed by atoms with van der Waals surface area (Å²) in [6.45, 7) is 2.50. The Balaban J connectivity index is 1.82. The number of hydrogen-bond acceptors (Lipinski definition) is 4. The van der Waals surface area contributed by atoms with Gasteiger partial charge in [-0.25, -0.2) is 4.39 Å². The van der Waals surface area contributed by atoms with Gasteiger partial charge < -0.3 is 15.5 Å². The number of amides is 2. The van der Waals surface area contributed by atoms with Crippen LogP contribution in [0, 0.1) is 5.82 Å². The predicted octanol–water partition coefficient (Wildman–Crippen LogP) is 1.44. The number of rotatable bonds is 5. The van der Waals surface area contributed by atoms with Gasteiger partial charge >= 0.3 is 0 Å². The van der Waals surface area contributed by atoms with Crippen LogP contribution in [0.3, 0.4) is 0 Å². The first kappa shape index (κ1) is 17.2. The fourth-order valence-electron chi connectivity index (χ4n) is 3.32. The van der Waals surface area contributed by atoms with Crippen molar-refractivity contribution in [3.63, 3.8) is 0 Å². The summed E-state index contributed by atoms with van der Waals surface area (Å²) in [5, 5.41) is 5.99. The van der Waals surface area contributed by atoms with Crippen molar-refractivity contribution >= 4 is 23.6 Å². The normalized spacial score (nSPS) is 27.2. The zero-order valence-electron chi connectivity index (χ0n) is 13.8. The van der Waals surface area contributed by atoms with Crippen molar-refractivity contribution in [2.45, 2.75) is 36.7 Å². The highest BCUT2D eigenvalue weighted by Gasteiger charge is 2.56. The first-order chi connectivity index (χ1) is 11.5. The quantitative estimate of drug-likeness (QED) is 0.843. The molecule has 1 aromatic rings. The van der Waals surface area contributed by atoms with Crippen LogP contribution in [0.5, 0.6) is 0 Å². The van der Waals surface area contributed by atoms with Crippen molar-refractivity contribution in [3.8, 4) is 0 Å². The van der Waals surface area contributed by atoms with E-state index in [-0.39, 0.29) is 23.7 Å². The second-order valence-electron chi connectivity index (χ2n) is 6.32. The van der Waals surface area contributed by atoms with Crippen molar-refractivity contribution < 1.29 is 14.0 Å². The van der Waals surface area contributed by atoms with Gasteiger partial charge in [-0.3, -0.25) is 9.59 Å². The molecule has 0 bridgehead atoms. The van der Waals surface area contributed by atoms with Crippen molar-refractivity contribution in [2.75, 3.05) is 19.3 Å². The van der Waals surface area contributed by atoms with Gasteiger partial charge in [-0.1, -0.05) is 12.1 Å². The van der Waals surface area contributed by atoms with E-state index in [1.165, 1.54) is 12.1 Å². The molecule has 2 aliphatic heterocycles. The molecule has 1 aromatic carbocycles. The van der Waals surface area contributed by atoms with E-state index in [0.717, 1.165) is 5.56 Å². The van der Waals surface area contributed by atoms with Gasteiger partial charge in [0, 0.05) is 24.8 Å². The number of carbonyl (C=O) groups excluding carboxylic acids is 2. The fourth-order valence-corrected chi connectivity index (χ4v) is 4.97. The van der Waals surface area contributed by atoms with Crippen LogP contribution in [0.2, 0.25) is 0 Å². The van der Waals surface area contributed by atoms with Crippen molar-refractivity contribution in [3.05, 3.63) is 35.6 Å². The molecule has 2 saturated heterocycles. The van der Waals surface area contributed by atoms with E-state index in [0.29, 0.717) is 25.1 Å². The zero-order chi connectivity index (χ0) is 17.3. The minimum atomic E-state index is -0.540. The monoisotopic (exact) mass is 351 g/mol. The second-order valence-corrected chi connectivity index (χ2v) is 7.61. The Hall–Kier alpha value is -1.60. The Morgan fingerprint density at radius 3 is 2.83 bits per heavy atom. The summed E-state index contributed by atoms with van der Waals surface area (Å²) >= 11 is 1.61. The zero-order valence-corrected chi connectivity index (χ0v) is 14.7. The third-order valence-corrected chi connectivity index (χ3v) is 6.40. The smallest absolute Gasteiger partial charge is 0.243 e. The molecule has 2 aliphatic rings. The van der Waals surface area contributed by atoms with Crippen LogP contribution in [0.1, 0.15) is 25.3 Å². The van der Waals surface area contributed by atoms with E-state index in [9.17, 15) is 14.0 Å². The minimum Gasteiger partial charge on any atom is -0.353 e. The standard InChI is InChI=1S/C17H22FN3O2S/c1-11(19-2)9-20-16(23)14-10-24-17(8-7-15(22)21(14)17)12-3-5-13(18)6-4-12/h3-6,11,14,19H,7-10H2,1-2H3,(H,20,23). The highest BCUT2D eigenvalue weighted by Crippen LogP contribution is 2.54. The molecule has 3 atom stereocenters. The molecule has 0 radical (unpaired) electrons. The summed E-state index contributed by atoms with van der Waals surface area (Å²) in [4.78, 5) is 26.2. The molecule has 7 heteroatoms. The lowest BCUT2D eigenvalue weighted by Crippen LogP contribution is -2.51. The van der Waals surface area contributed by atoms with Gasteiger partial charge in [-0.15, -0.1) is 11.8 Å². The molecule has 0 aromatic heterocycles. The molecule has 2 heterocycles. The first-order valence-corrected chi connectivity index (χ1v) is 9.13. The van der Waals surface area contributed by atoms with Crippen LogP contribution in [-0.2, 0) is 14.5 Å². The van der Waals surface area contributed by atoms with Crippen LogP contribution >= 0.6 is 11.8 Å². The summed E-state index contributed by atoms with van der Waals surface area (Å²) in [6, 6.07) is 5.95. The van der Waals surface area contributed by atoms with E-state index >= 15 is 0 Å².